The van der Waals surface area contributed by atoms with Crippen molar-refractivity contribution < 1.29 is 4.79 Å². The van der Waals surface area contributed by atoms with Crippen LogP contribution in [0.3, 0.4) is 0 Å². The minimum absolute atomic E-state index is 0.172. The largest absolute Gasteiger partial charge is 0.326 e. The van der Waals surface area contributed by atoms with E-state index in [0.717, 1.165) is 29.2 Å². The molecule has 1 fully saturated rings. The van der Waals surface area contributed by atoms with E-state index in [1.54, 1.807) is 0 Å². The van der Waals surface area contributed by atoms with Gasteiger partial charge in [0, 0.05) is 12.1 Å². The molecule has 1 N–H and O–H groups in total. The first-order valence-electron chi connectivity index (χ1n) is 7.94. The number of carbonyl (C=O) groups excluding carboxylic acids is 1. The maximum atomic E-state index is 12.1. The Bertz CT molecular complexity index is 449. The lowest BCUT2D eigenvalue weighted by Gasteiger charge is -2.21. The van der Waals surface area contributed by atoms with E-state index in [1.807, 2.05) is 0 Å². The van der Waals surface area contributed by atoms with Crippen LogP contribution in [0.15, 0.2) is 12.1 Å². The van der Waals surface area contributed by atoms with Crippen LogP contribution in [0.2, 0.25) is 0 Å². The molecule has 0 bridgehead atoms. The average molecular weight is 273 g/mol. The van der Waals surface area contributed by atoms with E-state index in [2.05, 4.69) is 38.2 Å². The molecule has 0 saturated heterocycles. The third-order valence-electron chi connectivity index (χ3n) is 4.45. The zero-order valence-electron chi connectivity index (χ0n) is 13.1. The monoisotopic (exact) mass is 273 g/mol. The zero-order chi connectivity index (χ0) is 14.5. The normalized spacial score (nSPS) is 16.1. The number of aryl methyl sites for hydroxylation is 3. The average Bonchev–Trinajstić information content (AvgIpc) is 2.42. The van der Waals surface area contributed by atoms with Crippen LogP contribution in [0.5, 0.6) is 0 Å². The first-order valence-corrected chi connectivity index (χ1v) is 7.94. The SMILES string of the molecule is Cc1cc(C)c(NC(=O)CCC2CCCCC2)c(C)c1. The molecule has 0 unspecified atom stereocenters. The quantitative estimate of drug-likeness (QED) is 0.829. The molecule has 0 atom stereocenters. The number of hydrogen-bond donors (Lipinski definition) is 1. The molecule has 0 spiro atoms. The summed E-state index contributed by atoms with van der Waals surface area (Å²) in [5.41, 5.74) is 4.58. The van der Waals surface area contributed by atoms with Crippen molar-refractivity contribution in [3.05, 3.63) is 28.8 Å². The molecule has 1 aliphatic carbocycles. The number of nitrogens with one attached hydrogen (secondary N) is 1. The van der Waals surface area contributed by atoms with E-state index in [9.17, 15) is 4.79 Å². The van der Waals surface area contributed by atoms with Gasteiger partial charge in [0.2, 0.25) is 5.91 Å². The van der Waals surface area contributed by atoms with E-state index in [0.29, 0.717) is 6.42 Å². The molecule has 110 valence electrons. The minimum Gasteiger partial charge on any atom is -0.326 e. The van der Waals surface area contributed by atoms with E-state index in [-0.39, 0.29) is 5.91 Å². The van der Waals surface area contributed by atoms with Gasteiger partial charge >= 0.3 is 0 Å². The number of hydrogen-bond acceptors (Lipinski definition) is 1. The van der Waals surface area contributed by atoms with E-state index < -0.39 is 0 Å². The Labute approximate surface area is 123 Å². The molecule has 0 radical (unpaired) electrons. The smallest absolute Gasteiger partial charge is 0.224 e. The van der Waals surface area contributed by atoms with Gasteiger partial charge in [-0.2, -0.15) is 0 Å². The summed E-state index contributed by atoms with van der Waals surface area (Å²) < 4.78 is 0. The molecule has 0 heterocycles. The Morgan fingerprint density at radius 2 is 1.70 bits per heavy atom. The number of anilines is 1. The van der Waals surface area contributed by atoms with Crippen molar-refractivity contribution >= 4 is 11.6 Å². The Morgan fingerprint density at radius 1 is 1.10 bits per heavy atom. The van der Waals surface area contributed by atoms with Gasteiger partial charge in [0.15, 0.2) is 0 Å². The highest BCUT2D eigenvalue weighted by molar-refractivity contribution is 5.92. The highest BCUT2D eigenvalue weighted by Gasteiger charge is 2.15. The van der Waals surface area contributed by atoms with Crippen LogP contribution in [-0.4, -0.2) is 5.91 Å². The lowest BCUT2D eigenvalue weighted by atomic mass is 9.86. The lowest BCUT2D eigenvalue weighted by Crippen LogP contribution is -2.16. The van der Waals surface area contributed by atoms with Gasteiger partial charge < -0.3 is 5.32 Å². The van der Waals surface area contributed by atoms with Crippen molar-refractivity contribution in [1.82, 2.24) is 0 Å². The van der Waals surface area contributed by atoms with E-state index >= 15 is 0 Å². The fraction of sp³-hybridized carbons (Fsp3) is 0.611. The number of carbonyl (C=O) groups is 1. The Kier molecular flexibility index (Phi) is 5.22. The Balaban J connectivity index is 1.88. The van der Waals surface area contributed by atoms with Gasteiger partial charge in [-0.15, -0.1) is 0 Å². The van der Waals surface area contributed by atoms with Gasteiger partial charge in [-0.3, -0.25) is 4.79 Å². The lowest BCUT2D eigenvalue weighted by molar-refractivity contribution is -0.116. The van der Waals surface area contributed by atoms with Crippen molar-refractivity contribution in [2.45, 2.75) is 65.7 Å². The number of amides is 1. The van der Waals surface area contributed by atoms with Crippen LogP contribution in [0, 0.1) is 26.7 Å². The summed E-state index contributed by atoms with van der Waals surface area (Å²) in [5, 5.41) is 3.11. The van der Waals surface area contributed by atoms with Crippen molar-refractivity contribution in [2.24, 2.45) is 5.92 Å². The number of rotatable bonds is 4. The van der Waals surface area contributed by atoms with Crippen molar-refractivity contribution in [3.63, 3.8) is 0 Å². The Hall–Kier alpha value is -1.31. The molecular weight excluding hydrogens is 246 g/mol. The molecule has 1 amide bonds. The van der Waals surface area contributed by atoms with Crippen LogP contribution in [0.25, 0.3) is 0 Å². The van der Waals surface area contributed by atoms with Crippen molar-refractivity contribution in [1.29, 1.82) is 0 Å². The zero-order valence-corrected chi connectivity index (χ0v) is 13.1. The van der Waals surface area contributed by atoms with Gasteiger partial charge in [0.05, 0.1) is 0 Å². The van der Waals surface area contributed by atoms with Gasteiger partial charge in [0.25, 0.3) is 0 Å². The van der Waals surface area contributed by atoms with Crippen LogP contribution >= 0.6 is 0 Å². The molecule has 1 saturated carbocycles. The van der Waals surface area contributed by atoms with Crippen LogP contribution < -0.4 is 5.32 Å². The van der Waals surface area contributed by atoms with Crippen molar-refractivity contribution in [3.8, 4) is 0 Å². The standard InChI is InChI=1S/C18H27NO/c1-13-11-14(2)18(15(3)12-13)19-17(20)10-9-16-7-5-4-6-8-16/h11-12,16H,4-10H2,1-3H3,(H,19,20). The van der Waals surface area contributed by atoms with Gasteiger partial charge in [-0.1, -0.05) is 49.8 Å². The van der Waals surface area contributed by atoms with Gasteiger partial charge in [0.1, 0.15) is 0 Å². The van der Waals surface area contributed by atoms with Crippen molar-refractivity contribution in [2.75, 3.05) is 5.32 Å². The highest BCUT2D eigenvalue weighted by Crippen LogP contribution is 2.28. The molecule has 2 nitrogen and oxygen atoms in total. The van der Waals surface area contributed by atoms with Gasteiger partial charge in [-0.05, 0) is 44.2 Å². The first kappa shape index (κ1) is 15.1. The highest BCUT2D eigenvalue weighted by atomic mass is 16.1. The topological polar surface area (TPSA) is 29.1 Å². The second-order valence-corrected chi connectivity index (χ2v) is 6.36. The summed E-state index contributed by atoms with van der Waals surface area (Å²) >= 11 is 0. The minimum atomic E-state index is 0.172. The molecule has 0 aromatic heterocycles. The van der Waals surface area contributed by atoms with Crippen LogP contribution in [-0.2, 0) is 4.79 Å². The first-order chi connectivity index (χ1) is 9.56. The Morgan fingerprint density at radius 3 is 2.30 bits per heavy atom. The maximum absolute atomic E-state index is 12.1. The summed E-state index contributed by atoms with van der Waals surface area (Å²) in [4.78, 5) is 12.1. The predicted octanol–water partition coefficient (Wildman–Crippen LogP) is 4.91. The fourth-order valence-corrected chi connectivity index (χ4v) is 3.39. The molecule has 0 aliphatic heterocycles. The third kappa shape index (κ3) is 4.09. The molecule has 1 aromatic carbocycles. The second-order valence-electron chi connectivity index (χ2n) is 6.36. The molecule has 20 heavy (non-hydrogen) atoms. The molecule has 2 rings (SSSR count). The maximum Gasteiger partial charge on any atom is 0.224 e. The third-order valence-corrected chi connectivity index (χ3v) is 4.45. The molecule has 2 heteroatoms. The second kappa shape index (κ2) is 6.92. The fourth-order valence-electron chi connectivity index (χ4n) is 3.39. The van der Waals surface area contributed by atoms with Gasteiger partial charge in [-0.25, -0.2) is 0 Å². The summed E-state index contributed by atoms with van der Waals surface area (Å²) in [5.74, 6) is 0.945. The van der Waals surface area contributed by atoms with Crippen LogP contribution in [0.4, 0.5) is 5.69 Å². The number of benzene rings is 1. The van der Waals surface area contributed by atoms with E-state index in [1.165, 1.54) is 37.7 Å². The molecule has 1 aromatic rings. The van der Waals surface area contributed by atoms with Crippen LogP contribution in [0.1, 0.15) is 61.6 Å². The summed E-state index contributed by atoms with van der Waals surface area (Å²) in [7, 11) is 0. The summed E-state index contributed by atoms with van der Waals surface area (Å²) in [6.45, 7) is 6.22. The summed E-state index contributed by atoms with van der Waals surface area (Å²) in [6.07, 6.45) is 8.42. The molecule has 1 aliphatic rings. The predicted molar refractivity (Wildman–Crippen MR) is 85.1 cm³/mol. The molecular formula is C18H27NO. The van der Waals surface area contributed by atoms with E-state index in [4.69, 9.17) is 0 Å². The summed E-state index contributed by atoms with van der Waals surface area (Å²) in [6, 6.07) is 4.26.